The Morgan fingerprint density at radius 1 is 1.00 bits per heavy atom. The van der Waals surface area contributed by atoms with Crippen molar-refractivity contribution < 1.29 is 14.6 Å². The number of hydrogen-bond donors (Lipinski definition) is 1. The molecule has 1 N–H and O–H groups in total. The van der Waals surface area contributed by atoms with Gasteiger partial charge in [0, 0.05) is 12.0 Å². The average molecular weight is 284 g/mol. The van der Waals surface area contributed by atoms with E-state index < -0.39 is 0 Å². The molecular weight excluding hydrogens is 264 g/mol. The van der Waals surface area contributed by atoms with Crippen LogP contribution >= 0.6 is 0 Å². The summed E-state index contributed by atoms with van der Waals surface area (Å²) in [7, 11) is 0. The molecule has 0 radical (unpaired) electrons. The predicted molar refractivity (Wildman–Crippen MR) is 81.4 cm³/mol. The first-order chi connectivity index (χ1) is 10.3. The van der Waals surface area contributed by atoms with Gasteiger partial charge in [-0.05, 0) is 29.7 Å². The van der Waals surface area contributed by atoms with E-state index in [1.165, 1.54) is 5.56 Å². The van der Waals surface area contributed by atoms with Gasteiger partial charge in [-0.3, -0.25) is 0 Å². The molecule has 0 aliphatic carbocycles. The normalized spacial score (nSPS) is 16.2. The highest BCUT2D eigenvalue weighted by atomic mass is 16.5. The van der Waals surface area contributed by atoms with Crippen LogP contribution in [0.1, 0.15) is 17.5 Å². The summed E-state index contributed by atoms with van der Waals surface area (Å²) >= 11 is 0. The van der Waals surface area contributed by atoms with Gasteiger partial charge >= 0.3 is 0 Å². The van der Waals surface area contributed by atoms with Crippen LogP contribution < -0.4 is 4.74 Å². The largest absolute Gasteiger partial charge is 0.489 e. The number of hydrogen-bond acceptors (Lipinski definition) is 3. The monoisotopic (exact) mass is 284 g/mol. The molecule has 3 heteroatoms. The highest BCUT2D eigenvalue weighted by Gasteiger charge is 2.39. The van der Waals surface area contributed by atoms with Gasteiger partial charge in [0.15, 0.2) is 0 Å². The molecule has 1 aliphatic heterocycles. The van der Waals surface area contributed by atoms with Crippen LogP contribution in [0, 0.1) is 0 Å². The smallest absolute Gasteiger partial charge is 0.119 e. The van der Waals surface area contributed by atoms with Crippen molar-refractivity contribution in [2.75, 3.05) is 19.8 Å². The minimum atomic E-state index is -0.00723. The van der Waals surface area contributed by atoms with Crippen LogP contribution in [0.15, 0.2) is 54.6 Å². The third-order valence-corrected chi connectivity index (χ3v) is 4.06. The zero-order valence-electron chi connectivity index (χ0n) is 12.0. The summed E-state index contributed by atoms with van der Waals surface area (Å²) in [5.74, 6) is 0.863. The maximum atomic E-state index is 9.21. The first kappa shape index (κ1) is 14.1. The van der Waals surface area contributed by atoms with Crippen LogP contribution in [-0.4, -0.2) is 24.9 Å². The molecule has 1 aliphatic rings. The van der Waals surface area contributed by atoms with E-state index in [9.17, 15) is 5.11 Å². The van der Waals surface area contributed by atoms with E-state index in [1.807, 2.05) is 30.3 Å². The predicted octanol–water partition coefficient (Wildman–Crippen LogP) is 2.92. The molecule has 1 fully saturated rings. The van der Waals surface area contributed by atoms with Crippen molar-refractivity contribution in [3.8, 4) is 5.75 Å². The van der Waals surface area contributed by atoms with Crippen LogP contribution in [0.4, 0.5) is 0 Å². The lowest BCUT2D eigenvalue weighted by atomic mass is 9.76. The number of aliphatic hydroxyl groups is 1. The van der Waals surface area contributed by atoms with Crippen molar-refractivity contribution in [3.63, 3.8) is 0 Å². The van der Waals surface area contributed by atoms with Crippen molar-refractivity contribution in [1.82, 2.24) is 0 Å². The molecule has 0 spiro atoms. The summed E-state index contributed by atoms with van der Waals surface area (Å²) in [5.41, 5.74) is 2.37. The molecule has 3 rings (SSSR count). The Morgan fingerprint density at radius 3 is 2.29 bits per heavy atom. The zero-order chi connectivity index (χ0) is 14.5. The average Bonchev–Trinajstić information content (AvgIpc) is 2.51. The number of aliphatic hydroxyl groups excluding tert-OH is 1. The van der Waals surface area contributed by atoms with E-state index >= 15 is 0 Å². The van der Waals surface area contributed by atoms with Crippen LogP contribution in [0.25, 0.3) is 0 Å². The first-order valence-corrected chi connectivity index (χ1v) is 7.28. The van der Waals surface area contributed by atoms with Gasteiger partial charge in [-0.2, -0.15) is 0 Å². The van der Waals surface area contributed by atoms with Crippen molar-refractivity contribution in [2.24, 2.45) is 0 Å². The molecule has 3 nitrogen and oxygen atoms in total. The maximum Gasteiger partial charge on any atom is 0.119 e. The summed E-state index contributed by atoms with van der Waals surface area (Å²) in [5, 5.41) is 9.21. The highest BCUT2D eigenvalue weighted by molar-refractivity contribution is 5.34. The van der Waals surface area contributed by atoms with Crippen molar-refractivity contribution in [3.05, 3.63) is 65.7 Å². The van der Waals surface area contributed by atoms with Crippen molar-refractivity contribution in [1.29, 1.82) is 0 Å². The maximum absolute atomic E-state index is 9.21. The zero-order valence-corrected chi connectivity index (χ0v) is 12.0. The second-order valence-corrected chi connectivity index (χ2v) is 5.55. The molecule has 0 bridgehead atoms. The van der Waals surface area contributed by atoms with E-state index in [-0.39, 0.29) is 12.0 Å². The fourth-order valence-electron chi connectivity index (χ4n) is 2.66. The van der Waals surface area contributed by atoms with Crippen LogP contribution in [0.3, 0.4) is 0 Å². The fraction of sp³-hybridized carbons (Fsp3) is 0.333. The Hall–Kier alpha value is -1.84. The second-order valence-electron chi connectivity index (χ2n) is 5.55. The highest BCUT2D eigenvalue weighted by Crippen LogP contribution is 2.36. The molecule has 0 atom stereocenters. The molecule has 0 saturated carbocycles. The fourth-order valence-corrected chi connectivity index (χ4v) is 2.66. The Morgan fingerprint density at radius 2 is 1.71 bits per heavy atom. The Balaban J connectivity index is 1.64. The standard InChI is InChI=1S/C18H20O3/c19-11-10-18(13-20-14-18)16-6-8-17(9-7-16)21-12-15-4-2-1-3-5-15/h1-9,19H,10-14H2. The van der Waals surface area contributed by atoms with Crippen LogP contribution in [0.5, 0.6) is 5.75 Å². The topological polar surface area (TPSA) is 38.7 Å². The third-order valence-electron chi connectivity index (χ3n) is 4.06. The molecule has 0 amide bonds. The van der Waals surface area contributed by atoms with Gasteiger partial charge in [-0.25, -0.2) is 0 Å². The van der Waals surface area contributed by atoms with Crippen molar-refractivity contribution >= 4 is 0 Å². The Kier molecular flexibility index (Phi) is 4.23. The summed E-state index contributed by atoms with van der Waals surface area (Å²) in [4.78, 5) is 0. The first-order valence-electron chi connectivity index (χ1n) is 7.28. The summed E-state index contributed by atoms with van der Waals surface area (Å²) in [6, 6.07) is 18.3. The molecule has 2 aromatic carbocycles. The summed E-state index contributed by atoms with van der Waals surface area (Å²) in [6.07, 6.45) is 0.747. The minimum Gasteiger partial charge on any atom is -0.489 e. The molecule has 21 heavy (non-hydrogen) atoms. The van der Waals surface area contributed by atoms with E-state index in [1.54, 1.807) is 0 Å². The lowest BCUT2D eigenvalue weighted by molar-refractivity contribution is -0.0701. The molecule has 0 aromatic heterocycles. The molecule has 110 valence electrons. The third kappa shape index (κ3) is 3.09. The Labute approximate surface area is 125 Å². The second kappa shape index (κ2) is 6.29. The minimum absolute atomic E-state index is 0.00723. The number of rotatable bonds is 6. The molecule has 1 saturated heterocycles. The van der Waals surface area contributed by atoms with Gasteiger partial charge in [0.05, 0.1) is 13.2 Å². The number of benzene rings is 2. The van der Waals surface area contributed by atoms with Crippen LogP contribution in [0.2, 0.25) is 0 Å². The molecule has 1 heterocycles. The van der Waals surface area contributed by atoms with Gasteiger partial charge in [-0.1, -0.05) is 42.5 Å². The molecule has 2 aromatic rings. The Bertz CT molecular complexity index is 559. The van der Waals surface area contributed by atoms with Gasteiger partial charge in [0.1, 0.15) is 12.4 Å². The van der Waals surface area contributed by atoms with Gasteiger partial charge in [0.25, 0.3) is 0 Å². The summed E-state index contributed by atoms with van der Waals surface area (Å²) < 4.78 is 11.1. The van der Waals surface area contributed by atoms with Gasteiger partial charge in [0.2, 0.25) is 0 Å². The lowest BCUT2D eigenvalue weighted by Crippen LogP contribution is -2.47. The van der Waals surface area contributed by atoms with Gasteiger partial charge < -0.3 is 14.6 Å². The van der Waals surface area contributed by atoms with Crippen molar-refractivity contribution in [2.45, 2.75) is 18.4 Å². The van der Waals surface area contributed by atoms with Gasteiger partial charge in [-0.15, -0.1) is 0 Å². The van der Waals surface area contributed by atoms with E-state index in [0.717, 1.165) is 17.7 Å². The quantitative estimate of drug-likeness (QED) is 0.886. The summed E-state index contributed by atoms with van der Waals surface area (Å²) in [6.45, 7) is 2.15. The molecular formula is C18H20O3. The van der Waals surface area contributed by atoms with E-state index in [0.29, 0.717) is 19.8 Å². The van der Waals surface area contributed by atoms with E-state index in [4.69, 9.17) is 9.47 Å². The number of ether oxygens (including phenoxy) is 2. The molecule has 0 unspecified atom stereocenters. The van der Waals surface area contributed by atoms with E-state index in [2.05, 4.69) is 24.3 Å². The SMILES string of the molecule is OCCC1(c2ccc(OCc3ccccc3)cc2)COC1. The van der Waals surface area contributed by atoms with Crippen LogP contribution in [-0.2, 0) is 16.8 Å². The lowest BCUT2D eigenvalue weighted by Gasteiger charge is -2.41.